The summed E-state index contributed by atoms with van der Waals surface area (Å²) in [4.78, 5) is 8.89. The fraction of sp³-hybridized carbons (Fsp3) is 0.583. The first kappa shape index (κ1) is 11.9. The van der Waals surface area contributed by atoms with E-state index in [0.29, 0.717) is 0 Å². The van der Waals surface area contributed by atoms with Gasteiger partial charge < -0.3 is 9.80 Å². The van der Waals surface area contributed by atoms with Gasteiger partial charge in [-0.2, -0.15) is 0 Å². The molecule has 4 heteroatoms. The maximum absolute atomic E-state index is 4.20. The van der Waals surface area contributed by atoms with Crippen LogP contribution in [0.25, 0.3) is 0 Å². The van der Waals surface area contributed by atoms with Crippen LogP contribution in [0.4, 0.5) is 5.69 Å². The summed E-state index contributed by atoms with van der Waals surface area (Å²) in [6, 6.07) is 2.12. The zero-order valence-electron chi connectivity index (χ0n) is 9.86. The first-order valence-electron chi connectivity index (χ1n) is 5.65. The van der Waals surface area contributed by atoms with Crippen molar-refractivity contribution in [1.82, 2.24) is 9.88 Å². The molecule has 0 radical (unpaired) electrons. The molecule has 1 aromatic rings. The maximum Gasteiger partial charge on any atom is 0.0561 e. The molecule has 0 aromatic carbocycles. The monoisotopic (exact) mass is 283 g/mol. The van der Waals surface area contributed by atoms with Crippen molar-refractivity contribution < 1.29 is 0 Å². The van der Waals surface area contributed by atoms with Crippen molar-refractivity contribution in [2.45, 2.75) is 6.42 Å². The van der Waals surface area contributed by atoms with Gasteiger partial charge in [0.25, 0.3) is 0 Å². The largest absolute Gasteiger partial charge is 0.373 e. The van der Waals surface area contributed by atoms with Crippen molar-refractivity contribution in [2.24, 2.45) is 5.92 Å². The van der Waals surface area contributed by atoms with Gasteiger partial charge in [-0.3, -0.25) is 4.98 Å². The van der Waals surface area contributed by atoms with E-state index in [9.17, 15) is 0 Å². The van der Waals surface area contributed by atoms with E-state index in [-0.39, 0.29) is 0 Å². The van der Waals surface area contributed by atoms with E-state index >= 15 is 0 Å². The average Bonchev–Trinajstić information content (AvgIpc) is 2.64. The minimum Gasteiger partial charge on any atom is -0.373 e. The van der Waals surface area contributed by atoms with Crippen LogP contribution < -0.4 is 4.90 Å². The fourth-order valence-corrected chi connectivity index (χ4v) is 2.63. The predicted molar refractivity (Wildman–Crippen MR) is 70.8 cm³/mol. The SMILES string of the molecule is CN1CCC(CN(C)c2cncc(Br)c2)C1. The molecule has 3 nitrogen and oxygen atoms in total. The summed E-state index contributed by atoms with van der Waals surface area (Å²) in [5.41, 5.74) is 1.18. The zero-order chi connectivity index (χ0) is 11.5. The second-order valence-electron chi connectivity index (χ2n) is 4.66. The van der Waals surface area contributed by atoms with Crippen LogP contribution in [0.2, 0.25) is 0 Å². The Morgan fingerprint density at radius 3 is 3.00 bits per heavy atom. The second-order valence-corrected chi connectivity index (χ2v) is 5.57. The van der Waals surface area contributed by atoms with Gasteiger partial charge in [-0.1, -0.05) is 0 Å². The predicted octanol–water partition coefficient (Wildman–Crippen LogP) is 2.23. The van der Waals surface area contributed by atoms with E-state index in [1.165, 1.54) is 25.2 Å². The highest BCUT2D eigenvalue weighted by molar-refractivity contribution is 9.10. The quantitative estimate of drug-likeness (QED) is 0.848. The van der Waals surface area contributed by atoms with Crippen LogP contribution in [0.1, 0.15) is 6.42 Å². The van der Waals surface area contributed by atoms with E-state index in [1.807, 2.05) is 12.4 Å². The molecular weight excluding hydrogens is 266 g/mol. The van der Waals surface area contributed by atoms with Crippen LogP contribution in [0.15, 0.2) is 22.9 Å². The Hall–Kier alpha value is -0.610. The van der Waals surface area contributed by atoms with E-state index in [2.05, 4.69) is 50.9 Å². The van der Waals surface area contributed by atoms with Crippen LogP contribution in [-0.2, 0) is 0 Å². The van der Waals surface area contributed by atoms with E-state index in [4.69, 9.17) is 0 Å². The molecule has 0 spiro atoms. The number of halogens is 1. The average molecular weight is 284 g/mol. The van der Waals surface area contributed by atoms with Crippen molar-refractivity contribution in [3.8, 4) is 0 Å². The lowest BCUT2D eigenvalue weighted by Gasteiger charge is -2.22. The third-order valence-corrected chi connectivity index (χ3v) is 3.59. The highest BCUT2D eigenvalue weighted by Gasteiger charge is 2.20. The Labute approximate surface area is 106 Å². The molecule has 0 saturated carbocycles. The van der Waals surface area contributed by atoms with Gasteiger partial charge in [0.2, 0.25) is 0 Å². The summed E-state index contributed by atoms with van der Waals surface area (Å²) >= 11 is 3.46. The molecule has 0 aliphatic carbocycles. The highest BCUT2D eigenvalue weighted by Crippen LogP contribution is 2.21. The van der Waals surface area contributed by atoms with Gasteiger partial charge in [0.1, 0.15) is 0 Å². The minimum atomic E-state index is 0.786. The highest BCUT2D eigenvalue weighted by atomic mass is 79.9. The summed E-state index contributed by atoms with van der Waals surface area (Å²) in [6.45, 7) is 3.56. The van der Waals surface area contributed by atoms with Crippen LogP contribution in [0.3, 0.4) is 0 Å². The van der Waals surface area contributed by atoms with Crippen molar-refractivity contribution >= 4 is 21.6 Å². The molecule has 0 amide bonds. The van der Waals surface area contributed by atoms with Crippen LogP contribution in [0.5, 0.6) is 0 Å². The van der Waals surface area contributed by atoms with Gasteiger partial charge in [0.05, 0.1) is 11.9 Å². The lowest BCUT2D eigenvalue weighted by Crippen LogP contribution is -2.27. The third-order valence-electron chi connectivity index (χ3n) is 3.15. The van der Waals surface area contributed by atoms with E-state index in [1.54, 1.807) is 0 Å². The summed E-state index contributed by atoms with van der Waals surface area (Å²) in [5, 5.41) is 0. The Kier molecular flexibility index (Phi) is 3.82. The molecule has 1 saturated heterocycles. The molecule has 88 valence electrons. The smallest absolute Gasteiger partial charge is 0.0561 e. The summed E-state index contributed by atoms with van der Waals surface area (Å²) in [5.74, 6) is 0.786. The molecule has 1 aromatic heterocycles. The summed E-state index contributed by atoms with van der Waals surface area (Å²) in [7, 11) is 4.34. The van der Waals surface area contributed by atoms with Crippen molar-refractivity contribution in [2.75, 3.05) is 38.6 Å². The molecule has 2 heterocycles. The van der Waals surface area contributed by atoms with Crippen molar-refractivity contribution in [3.63, 3.8) is 0 Å². The Bertz CT molecular complexity index is 356. The lowest BCUT2D eigenvalue weighted by atomic mass is 10.1. The van der Waals surface area contributed by atoms with Crippen LogP contribution >= 0.6 is 15.9 Å². The first-order valence-corrected chi connectivity index (χ1v) is 6.44. The Balaban J connectivity index is 1.95. The number of aromatic nitrogens is 1. The maximum atomic E-state index is 4.20. The molecule has 1 unspecified atom stereocenters. The van der Waals surface area contributed by atoms with Gasteiger partial charge in [0, 0.05) is 30.8 Å². The number of rotatable bonds is 3. The topological polar surface area (TPSA) is 19.4 Å². The Morgan fingerprint density at radius 1 is 1.56 bits per heavy atom. The van der Waals surface area contributed by atoms with Gasteiger partial charge in [0.15, 0.2) is 0 Å². The zero-order valence-corrected chi connectivity index (χ0v) is 11.4. The number of nitrogens with zero attached hydrogens (tertiary/aromatic N) is 3. The fourth-order valence-electron chi connectivity index (χ4n) is 2.28. The van der Waals surface area contributed by atoms with Crippen molar-refractivity contribution in [1.29, 1.82) is 0 Å². The van der Waals surface area contributed by atoms with Gasteiger partial charge in [-0.25, -0.2) is 0 Å². The molecule has 1 aliphatic rings. The number of pyridine rings is 1. The van der Waals surface area contributed by atoms with Gasteiger partial charge in [-0.15, -0.1) is 0 Å². The number of hydrogen-bond donors (Lipinski definition) is 0. The summed E-state index contributed by atoms with van der Waals surface area (Å²) in [6.07, 6.45) is 5.05. The van der Waals surface area contributed by atoms with Crippen LogP contribution in [-0.4, -0.2) is 43.6 Å². The first-order chi connectivity index (χ1) is 7.65. The Morgan fingerprint density at radius 2 is 2.38 bits per heavy atom. The van der Waals surface area contributed by atoms with Crippen LogP contribution in [0, 0.1) is 5.92 Å². The molecule has 1 fully saturated rings. The third kappa shape index (κ3) is 2.95. The van der Waals surface area contributed by atoms with Crippen molar-refractivity contribution in [3.05, 3.63) is 22.9 Å². The normalized spacial score (nSPS) is 21.3. The minimum absolute atomic E-state index is 0.786. The van der Waals surface area contributed by atoms with E-state index in [0.717, 1.165) is 16.9 Å². The van der Waals surface area contributed by atoms with E-state index < -0.39 is 0 Å². The van der Waals surface area contributed by atoms with Gasteiger partial charge in [-0.05, 0) is 47.9 Å². The second kappa shape index (κ2) is 5.15. The number of hydrogen-bond acceptors (Lipinski definition) is 3. The molecule has 0 N–H and O–H groups in total. The molecule has 16 heavy (non-hydrogen) atoms. The van der Waals surface area contributed by atoms with Gasteiger partial charge >= 0.3 is 0 Å². The number of likely N-dealkylation sites (tertiary alicyclic amines) is 1. The molecule has 1 aliphatic heterocycles. The molecule has 0 bridgehead atoms. The molecule has 2 rings (SSSR count). The molecule has 1 atom stereocenters. The standard InChI is InChI=1S/C12H18BrN3/c1-15-4-3-10(8-15)9-16(2)12-5-11(13)6-14-7-12/h5-7,10H,3-4,8-9H2,1-2H3. The number of anilines is 1. The molecular formula is C12H18BrN3. The lowest BCUT2D eigenvalue weighted by molar-refractivity contribution is 0.396. The summed E-state index contributed by atoms with van der Waals surface area (Å²) < 4.78 is 1.04.